The molecule has 1 heterocycles. The third kappa shape index (κ3) is 4.69. The number of hydrogen-bond acceptors (Lipinski definition) is 3. The van der Waals surface area contributed by atoms with Gasteiger partial charge in [-0.1, -0.05) is 18.6 Å². The van der Waals surface area contributed by atoms with Crippen LogP contribution in [0.5, 0.6) is 5.75 Å². The number of hydrazine groups is 1. The summed E-state index contributed by atoms with van der Waals surface area (Å²) in [6.07, 6.45) is 3.81. The predicted molar refractivity (Wildman–Crippen MR) is 81.0 cm³/mol. The fourth-order valence-electron chi connectivity index (χ4n) is 2.11. The molecule has 0 radical (unpaired) electrons. The van der Waals surface area contributed by atoms with Crippen LogP contribution >= 0.6 is 12.2 Å². The minimum Gasteiger partial charge on any atom is -0.497 e. The Kier molecular flexibility index (Phi) is 5.42. The molecule has 4 nitrogen and oxygen atoms in total. The van der Waals surface area contributed by atoms with Crippen molar-refractivity contribution in [3.63, 3.8) is 0 Å². The lowest BCUT2D eigenvalue weighted by atomic mass is 10.2. The van der Waals surface area contributed by atoms with E-state index in [0.29, 0.717) is 5.11 Å². The average Bonchev–Trinajstić information content (AvgIpc) is 2.47. The monoisotopic (exact) mass is 279 g/mol. The molecule has 1 saturated heterocycles. The fraction of sp³-hybridized carbons (Fsp3) is 0.500. The van der Waals surface area contributed by atoms with Crippen molar-refractivity contribution in [1.82, 2.24) is 15.8 Å². The Labute approximate surface area is 120 Å². The Morgan fingerprint density at radius 3 is 2.53 bits per heavy atom. The number of piperidine rings is 1. The molecule has 0 bridgehead atoms. The molecule has 19 heavy (non-hydrogen) atoms. The summed E-state index contributed by atoms with van der Waals surface area (Å²) in [6, 6.07) is 7.99. The second-order valence-corrected chi connectivity index (χ2v) is 5.10. The largest absolute Gasteiger partial charge is 0.497 e. The number of benzene rings is 1. The van der Waals surface area contributed by atoms with Crippen LogP contribution in [0.3, 0.4) is 0 Å². The van der Waals surface area contributed by atoms with E-state index in [-0.39, 0.29) is 0 Å². The maximum Gasteiger partial charge on any atom is 0.181 e. The highest BCUT2D eigenvalue weighted by molar-refractivity contribution is 7.80. The van der Waals surface area contributed by atoms with E-state index in [9.17, 15) is 0 Å². The van der Waals surface area contributed by atoms with E-state index in [0.717, 1.165) is 25.4 Å². The molecule has 0 aromatic heterocycles. The summed E-state index contributed by atoms with van der Waals surface area (Å²) in [5.41, 5.74) is 4.42. The highest BCUT2D eigenvalue weighted by Crippen LogP contribution is 2.11. The zero-order chi connectivity index (χ0) is 13.5. The second kappa shape index (κ2) is 7.31. The summed E-state index contributed by atoms with van der Waals surface area (Å²) in [7, 11) is 1.67. The number of nitrogens with one attached hydrogen (secondary N) is 2. The minimum absolute atomic E-state index is 0.692. The lowest BCUT2D eigenvalue weighted by Gasteiger charge is -2.28. The Hall–Kier alpha value is -1.33. The van der Waals surface area contributed by atoms with Crippen LogP contribution in [0.1, 0.15) is 24.8 Å². The minimum atomic E-state index is 0.692. The molecule has 1 aliphatic heterocycles. The van der Waals surface area contributed by atoms with Crippen molar-refractivity contribution in [3.8, 4) is 5.75 Å². The third-order valence-corrected chi connectivity index (χ3v) is 3.46. The molecule has 1 aliphatic rings. The molecule has 2 rings (SSSR count). The van der Waals surface area contributed by atoms with Crippen molar-refractivity contribution >= 4 is 17.3 Å². The third-order valence-electron chi connectivity index (χ3n) is 3.23. The van der Waals surface area contributed by atoms with Crippen molar-refractivity contribution < 1.29 is 4.74 Å². The maximum atomic E-state index is 5.29. The van der Waals surface area contributed by atoms with Gasteiger partial charge in [0.05, 0.1) is 7.11 Å². The van der Waals surface area contributed by atoms with Crippen LogP contribution in [0, 0.1) is 0 Å². The molecule has 0 aliphatic carbocycles. The van der Waals surface area contributed by atoms with Crippen LogP contribution in [0.2, 0.25) is 0 Å². The lowest BCUT2D eigenvalue weighted by Crippen LogP contribution is -2.48. The molecule has 1 aromatic carbocycles. The summed E-state index contributed by atoms with van der Waals surface area (Å²) in [6.45, 7) is 2.87. The van der Waals surface area contributed by atoms with Crippen LogP contribution in [0.25, 0.3) is 0 Å². The fourth-order valence-corrected chi connectivity index (χ4v) is 2.32. The number of thiocarbonyl (C=S) groups is 1. The molecular weight excluding hydrogens is 258 g/mol. The first kappa shape index (κ1) is 14.1. The second-order valence-electron chi connectivity index (χ2n) is 4.69. The smallest absolute Gasteiger partial charge is 0.181 e. The summed E-state index contributed by atoms with van der Waals surface area (Å²) in [4.78, 5) is 0. The number of rotatable bonds is 4. The van der Waals surface area contributed by atoms with Gasteiger partial charge in [-0.25, -0.2) is 5.01 Å². The predicted octanol–water partition coefficient (Wildman–Crippen LogP) is 2.06. The quantitative estimate of drug-likeness (QED) is 0.825. The van der Waals surface area contributed by atoms with Crippen molar-refractivity contribution in [2.24, 2.45) is 0 Å². The van der Waals surface area contributed by atoms with E-state index in [1.807, 2.05) is 24.3 Å². The molecule has 0 atom stereocenters. The van der Waals surface area contributed by atoms with Gasteiger partial charge < -0.3 is 10.1 Å². The highest BCUT2D eigenvalue weighted by Gasteiger charge is 2.10. The van der Waals surface area contributed by atoms with Gasteiger partial charge in [0.1, 0.15) is 5.75 Å². The summed E-state index contributed by atoms with van der Waals surface area (Å²) in [5, 5.41) is 6.10. The topological polar surface area (TPSA) is 36.5 Å². The summed E-state index contributed by atoms with van der Waals surface area (Å²) >= 11 is 5.29. The molecule has 0 amide bonds. The van der Waals surface area contributed by atoms with Gasteiger partial charge in [0.15, 0.2) is 5.11 Å². The van der Waals surface area contributed by atoms with Gasteiger partial charge in [-0.15, -0.1) is 0 Å². The average molecular weight is 279 g/mol. The van der Waals surface area contributed by atoms with E-state index in [2.05, 4.69) is 15.8 Å². The first-order valence-corrected chi connectivity index (χ1v) is 7.11. The number of methoxy groups -OCH3 is 1. The SMILES string of the molecule is COc1ccc(CNC(=S)NN2CCCCC2)cc1. The van der Waals surface area contributed by atoms with Crippen LogP contribution in [-0.2, 0) is 6.54 Å². The zero-order valence-electron chi connectivity index (χ0n) is 11.3. The van der Waals surface area contributed by atoms with Gasteiger partial charge in [0, 0.05) is 19.6 Å². The molecule has 1 aromatic rings. The van der Waals surface area contributed by atoms with Gasteiger partial charge in [0.25, 0.3) is 0 Å². The van der Waals surface area contributed by atoms with Crippen molar-refractivity contribution in [3.05, 3.63) is 29.8 Å². The molecule has 104 valence electrons. The van der Waals surface area contributed by atoms with Crippen molar-refractivity contribution in [2.75, 3.05) is 20.2 Å². The molecule has 0 spiro atoms. The van der Waals surface area contributed by atoms with Crippen LogP contribution in [0.15, 0.2) is 24.3 Å². The van der Waals surface area contributed by atoms with E-state index < -0.39 is 0 Å². The number of hydrogen-bond donors (Lipinski definition) is 2. The van der Waals surface area contributed by atoms with Crippen LogP contribution in [-0.4, -0.2) is 30.3 Å². The zero-order valence-corrected chi connectivity index (χ0v) is 12.1. The van der Waals surface area contributed by atoms with Crippen molar-refractivity contribution in [2.45, 2.75) is 25.8 Å². The Morgan fingerprint density at radius 2 is 1.89 bits per heavy atom. The Bertz CT molecular complexity index is 402. The molecule has 0 saturated carbocycles. The Balaban J connectivity index is 1.72. The van der Waals surface area contributed by atoms with Gasteiger partial charge in [-0.05, 0) is 42.8 Å². The molecule has 2 N–H and O–H groups in total. The van der Waals surface area contributed by atoms with Gasteiger partial charge >= 0.3 is 0 Å². The molecule has 1 fully saturated rings. The van der Waals surface area contributed by atoms with E-state index in [1.165, 1.54) is 24.8 Å². The van der Waals surface area contributed by atoms with Crippen molar-refractivity contribution in [1.29, 1.82) is 0 Å². The standard InChI is InChI=1S/C14H21N3OS/c1-18-13-7-5-12(6-8-13)11-15-14(19)16-17-9-3-2-4-10-17/h5-8H,2-4,9-11H2,1H3,(H2,15,16,19). The first-order valence-electron chi connectivity index (χ1n) is 6.70. The van der Waals surface area contributed by atoms with Gasteiger partial charge in [-0.2, -0.15) is 0 Å². The van der Waals surface area contributed by atoms with E-state index in [1.54, 1.807) is 7.11 Å². The Morgan fingerprint density at radius 1 is 1.21 bits per heavy atom. The maximum absolute atomic E-state index is 5.29. The molecular formula is C14H21N3OS. The molecule has 0 unspecified atom stereocenters. The first-order chi connectivity index (χ1) is 9.28. The number of nitrogens with zero attached hydrogens (tertiary/aromatic N) is 1. The highest BCUT2D eigenvalue weighted by atomic mass is 32.1. The van der Waals surface area contributed by atoms with Crippen LogP contribution in [0.4, 0.5) is 0 Å². The van der Waals surface area contributed by atoms with Crippen LogP contribution < -0.4 is 15.5 Å². The van der Waals surface area contributed by atoms with Gasteiger partial charge in [0.2, 0.25) is 0 Å². The van der Waals surface area contributed by atoms with E-state index >= 15 is 0 Å². The number of ether oxygens (including phenoxy) is 1. The van der Waals surface area contributed by atoms with E-state index in [4.69, 9.17) is 17.0 Å². The lowest BCUT2D eigenvalue weighted by molar-refractivity contribution is 0.193. The summed E-state index contributed by atoms with van der Waals surface area (Å²) in [5.74, 6) is 0.873. The summed E-state index contributed by atoms with van der Waals surface area (Å²) < 4.78 is 5.13. The normalized spacial score (nSPS) is 15.8. The molecule has 5 heteroatoms. The van der Waals surface area contributed by atoms with Gasteiger partial charge in [-0.3, -0.25) is 5.43 Å².